The summed E-state index contributed by atoms with van der Waals surface area (Å²) in [6, 6.07) is 2.88. The van der Waals surface area contributed by atoms with Gasteiger partial charge in [0, 0.05) is 0 Å². The van der Waals surface area contributed by atoms with Gasteiger partial charge in [0.2, 0.25) is 5.91 Å². The third-order valence-corrected chi connectivity index (χ3v) is 5.47. The molecule has 0 aliphatic heterocycles. The zero-order valence-corrected chi connectivity index (χ0v) is 13.8. The molecule has 0 atom stereocenters. The highest BCUT2D eigenvalue weighted by Crippen LogP contribution is 2.33. The fraction of sp³-hybridized carbons (Fsp3) is 0.200. The molecule has 0 unspecified atom stereocenters. The molecule has 0 saturated heterocycles. The highest BCUT2D eigenvalue weighted by Gasteiger charge is 2.37. The molecule has 0 aliphatic carbocycles. The topological polar surface area (TPSA) is 112 Å². The van der Waals surface area contributed by atoms with Crippen molar-refractivity contribution in [1.29, 1.82) is 0 Å². The second kappa shape index (κ2) is 6.52. The van der Waals surface area contributed by atoms with Crippen LogP contribution in [0.1, 0.15) is 5.82 Å². The number of alkyl halides is 3. The van der Waals surface area contributed by atoms with Gasteiger partial charge in [-0.05, 0) is 23.9 Å². The van der Waals surface area contributed by atoms with Gasteiger partial charge < -0.3 is 5.73 Å². The molecule has 2 N–H and O–H groups in total. The molecule has 3 rings (SSSR count). The van der Waals surface area contributed by atoms with Crippen molar-refractivity contribution >= 4 is 46.4 Å². The highest BCUT2D eigenvalue weighted by atomic mass is 32.2. The standard InChI is InChI=1S/C10H6F3N7OS3/c11-10(12,13)7-16-15-5-1-2-6(19-20(5)7)23-9-18-17-8(24-9)22-3-4(14)21/h1-2H,3H2,(H2,14,21). The van der Waals surface area contributed by atoms with Crippen LogP contribution in [0.4, 0.5) is 13.2 Å². The Kier molecular flexibility index (Phi) is 4.60. The summed E-state index contributed by atoms with van der Waals surface area (Å²) in [5.74, 6) is -1.61. The van der Waals surface area contributed by atoms with Crippen molar-refractivity contribution in [3.8, 4) is 0 Å². The highest BCUT2D eigenvalue weighted by molar-refractivity contribution is 8.03. The van der Waals surface area contributed by atoms with Gasteiger partial charge in [-0.2, -0.15) is 22.8 Å². The number of halogens is 3. The van der Waals surface area contributed by atoms with Crippen LogP contribution in [-0.4, -0.2) is 41.7 Å². The van der Waals surface area contributed by atoms with Gasteiger partial charge in [-0.15, -0.1) is 20.4 Å². The van der Waals surface area contributed by atoms with Crippen LogP contribution in [0, 0.1) is 0 Å². The number of carbonyl (C=O) groups is 1. The third-order valence-electron chi connectivity index (χ3n) is 2.41. The maximum Gasteiger partial charge on any atom is 0.453 e. The van der Waals surface area contributed by atoms with Crippen LogP contribution in [0.25, 0.3) is 5.65 Å². The Labute approximate surface area is 144 Å². The molecule has 3 aromatic rings. The molecule has 0 fully saturated rings. The normalized spacial score (nSPS) is 12.0. The Morgan fingerprint density at radius 1 is 1.21 bits per heavy atom. The largest absolute Gasteiger partial charge is 0.453 e. The lowest BCUT2D eigenvalue weighted by Crippen LogP contribution is -2.12. The molecular formula is C10H6F3N7OS3. The molecule has 0 bridgehead atoms. The second-order valence-corrected chi connectivity index (χ2v) is 7.62. The lowest BCUT2D eigenvalue weighted by molar-refractivity contribution is -0.146. The molecule has 126 valence electrons. The van der Waals surface area contributed by atoms with Gasteiger partial charge in [-0.1, -0.05) is 23.1 Å². The smallest absolute Gasteiger partial charge is 0.369 e. The number of fused-ring (bicyclic) bond motifs is 1. The summed E-state index contributed by atoms with van der Waals surface area (Å²) in [6.07, 6.45) is -4.66. The first-order chi connectivity index (χ1) is 11.3. The number of hydrogen-bond donors (Lipinski definition) is 1. The van der Waals surface area contributed by atoms with E-state index >= 15 is 0 Å². The van der Waals surface area contributed by atoms with E-state index in [1.165, 1.54) is 23.5 Å². The van der Waals surface area contributed by atoms with Gasteiger partial charge in [0.05, 0.1) is 5.75 Å². The first-order valence-corrected chi connectivity index (χ1v) is 8.67. The zero-order valence-electron chi connectivity index (χ0n) is 11.4. The van der Waals surface area contributed by atoms with E-state index < -0.39 is 17.9 Å². The molecular weight excluding hydrogens is 387 g/mol. The van der Waals surface area contributed by atoms with E-state index in [4.69, 9.17) is 5.73 Å². The maximum atomic E-state index is 12.8. The van der Waals surface area contributed by atoms with Crippen LogP contribution in [0.5, 0.6) is 0 Å². The molecule has 0 aromatic carbocycles. The SMILES string of the molecule is NC(=O)CSc1nnc(Sc2ccc3nnc(C(F)(F)F)n3n2)s1. The van der Waals surface area contributed by atoms with E-state index in [1.807, 2.05) is 0 Å². The van der Waals surface area contributed by atoms with Crippen molar-refractivity contribution in [2.45, 2.75) is 19.9 Å². The van der Waals surface area contributed by atoms with E-state index in [2.05, 4.69) is 25.5 Å². The number of hydrogen-bond acceptors (Lipinski definition) is 9. The summed E-state index contributed by atoms with van der Waals surface area (Å²) in [7, 11) is 0. The minimum atomic E-state index is -4.66. The summed E-state index contributed by atoms with van der Waals surface area (Å²) < 4.78 is 40.1. The summed E-state index contributed by atoms with van der Waals surface area (Å²) in [5, 5.41) is 18.4. The monoisotopic (exact) mass is 393 g/mol. The van der Waals surface area contributed by atoms with Gasteiger partial charge in [0.15, 0.2) is 14.3 Å². The van der Waals surface area contributed by atoms with Gasteiger partial charge >= 0.3 is 6.18 Å². The summed E-state index contributed by atoms with van der Waals surface area (Å²) in [4.78, 5) is 10.7. The van der Waals surface area contributed by atoms with Crippen molar-refractivity contribution in [2.75, 3.05) is 5.75 Å². The molecule has 3 heterocycles. The predicted octanol–water partition coefficient (Wildman–Crippen LogP) is 1.72. The van der Waals surface area contributed by atoms with E-state index in [9.17, 15) is 18.0 Å². The predicted molar refractivity (Wildman–Crippen MR) is 79.7 cm³/mol. The summed E-state index contributed by atoms with van der Waals surface area (Å²) >= 11 is 3.35. The molecule has 0 spiro atoms. The molecule has 0 radical (unpaired) electrons. The molecule has 24 heavy (non-hydrogen) atoms. The van der Waals surface area contributed by atoms with E-state index in [1.54, 1.807) is 0 Å². The van der Waals surface area contributed by atoms with Gasteiger partial charge in [0.1, 0.15) is 5.03 Å². The minimum absolute atomic E-state index is 0.0124. The van der Waals surface area contributed by atoms with Gasteiger partial charge in [-0.3, -0.25) is 4.79 Å². The van der Waals surface area contributed by atoms with Gasteiger partial charge in [0.25, 0.3) is 5.82 Å². The molecule has 0 aliphatic rings. The van der Waals surface area contributed by atoms with Crippen molar-refractivity contribution in [1.82, 2.24) is 30.0 Å². The lowest BCUT2D eigenvalue weighted by atomic mass is 10.5. The number of nitrogens with two attached hydrogens (primary N) is 1. The van der Waals surface area contributed by atoms with Crippen LogP contribution in [0.3, 0.4) is 0 Å². The molecule has 8 nitrogen and oxygen atoms in total. The van der Waals surface area contributed by atoms with Crippen molar-refractivity contribution in [3.63, 3.8) is 0 Å². The minimum Gasteiger partial charge on any atom is -0.369 e. The quantitative estimate of drug-likeness (QED) is 0.652. The summed E-state index contributed by atoms with van der Waals surface area (Å²) in [5.41, 5.74) is 5.03. The van der Waals surface area contributed by atoms with Crippen LogP contribution >= 0.6 is 34.9 Å². The van der Waals surface area contributed by atoms with E-state index in [0.29, 0.717) is 13.2 Å². The molecule has 0 saturated carbocycles. The molecule has 1 amide bonds. The number of amides is 1. The average Bonchev–Trinajstić information content (AvgIpc) is 3.10. The Hall–Kier alpha value is -1.93. The zero-order chi connectivity index (χ0) is 17.3. The maximum absolute atomic E-state index is 12.8. The molecule has 3 aromatic heterocycles. The Morgan fingerprint density at radius 3 is 2.67 bits per heavy atom. The number of rotatable bonds is 5. The van der Waals surface area contributed by atoms with Crippen molar-refractivity contribution in [2.24, 2.45) is 5.73 Å². The number of nitrogens with zero attached hydrogens (tertiary/aromatic N) is 6. The number of thioether (sulfide) groups is 1. The number of aromatic nitrogens is 6. The average molecular weight is 393 g/mol. The second-order valence-electron chi connectivity index (χ2n) is 4.15. The lowest BCUT2D eigenvalue weighted by Gasteiger charge is -2.03. The van der Waals surface area contributed by atoms with Crippen LogP contribution in [0.15, 0.2) is 25.8 Å². The Morgan fingerprint density at radius 2 is 1.96 bits per heavy atom. The van der Waals surface area contributed by atoms with E-state index in [0.717, 1.165) is 23.5 Å². The van der Waals surface area contributed by atoms with Gasteiger partial charge in [-0.25, -0.2) is 0 Å². The van der Waals surface area contributed by atoms with Crippen molar-refractivity contribution in [3.05, 3.63) is 18.0 Å². The fourth-order valence-corrected chi connectivity index (χ4v) is 4.19. The van der Waals surface area contributed by atoms with E-state index in [-0.39, 0.29) is 16.4 Å². The van der Waals surface area contributed by atoms with Crippen LogP contribution in [-0.2, 0) is 11.0 Å². The van der Waals surface area contributed by atoms with Crippen LogP contribution in [0.2, 0.25) is 0 Å². The first-order valence-electron chi connectivity index (χ1n) is 6.05. The molecule has 14 heteroatoms. The number of primary amides is 1. The van der Waals surface area contributed by atoms with Crippen LogP contribution < -0.4 is 5.73 Å². The fourth-order valence-electron chi connectivity index (χ4n) is 1.52. The third kappa shape index (κ3) is 3.76. The Bertz CT molecular complexity index is 893. The Balaban J connectivity index is 1.81. The summed E-state index contributed by atoms with van der Waals surface area (Å²) in [6.45, 7) is 0. The first kappa shape index (κ1) is 16.9. The number of carbonyl (C=O) groups excluding carboxylic acids is 1. The van der Waals surface area contributed by atoms with Crippen molar-refractivity contribution < 1.29 is 18.0 Å².